The SMILES string of the molecule is C=C1OC(=O)C(C(O)c2ccc3c(c2)OCO3)=C1Cc1cc(OC)c(OC)c(OC)c1. The van der Waals surface area contributed by atoms with Gasteiger partial charge in [-0.3, -0.25) is 0 Å². The van der Waals surface area contributed by atoms with Crippen molar-refractivity contribution in [3.63, 3.8) is 0 Å². The fourth-order valence-corrected chi connectivity index (χ4v) is 3.66. The summed E-state index contributed by atoms with van der Waals surface area (Å²) in [5.41, 5.74) is 1.86. The van der Waals surface area contributed by atoms with E-state index in [1.807, 2.05) is 0 Å². The lowest BCUT2D eigenvalue weighted by Gasteiger charge is -2.15. The summed E-state index contributed by atoms with van der Waals surface area (Å²) in [4.78, 5) is 12.6. The maximum absolute atomic E-state index is 12.6. The van der Waals surface area contributed by atoms with Crippen molar-refractivity contribution < 1.29 is 38.3 Å². The number of ether oxygens (including phenoxy) is 6. The van der Waals surface area contributed by atoms with Gasteiger partial charge >= 0.3 is 5.97 Å². The number of benzene rings is 2. The molecule has 8 heteroatoms. The van der Waals surface area contributed by atoms with Crippen LogP contribution in [0.25, 0.3) is 0 Å². The van der Waals surface area contributed by atoms with Gasteiger partial charge in [-0.2, -0.15) is 0 Å². The Morgan fingerprint density at radius 2 is 1.71 bits per heavy atom. The first-order valence-corrected chi connectivity index (χ1v) is 9.47. The number of methoxy groups -OCH3 is 3. The van der Waals surface area contributed by atoms with E-state index >= 15 is 0 Å². The fraction of sp³-hybridized carbons (Fsp3) is 0.261. The Morgan fingerprint density at radius 1 is 1.03 bits per heavy atom. The molecule has 0 bridgehead atoms. The van der Waals surface area contributed by atoms with Crippen molar-refractivity contribution in [2.45, 2.75) is 12.5 Å². The summed E-state index contributed by atoms with van der Waals surface area (Å²) >= 11 is 0. The average Bonchev–Trinajstić information content (AvgIpc) is 3.35. The van der Waals surface area contributed by atoms with Crippen LogP contribution in [0.15, 0.2) is 53.8 Å². The van der Waals surface area contributed by atoms with Crippen molar-refractivity contribution in [2.75, 3.05) is 28.1 Å². The van der Waals surface area contributed by atoms with Crippen molar-refractivity contribution in [1.29, 1.82) is 0 Å². The number of cyclic esters (lactones) is 1. The predicted octanol–water partition coefficient (Wildman–Crippen LogP) is 3.08. The third-order valence-electron chi connectivity index (χ3n) is 5.19. The number of carbonyl (C=O) groups excluding carboxylic acids is 1. The molecular weight excluding hydrogens is 404 g/mol. The molecule has 2 aromatic rings. The number of esters is 1. The second kappa shape index (κ2) is 8.23. The molecule has 4 rings (SSSR count). The zero-order valence-electron chi connectivity index (χ0n) is 17.4. The molecule has 0 aromatic heterocycles. The van der Waals surface area contributed by atoms with Gasteiger partial charge in [-0.15, -0.1) is 0 Å². The largest absolute Gasteiger partial charge is 0.493 e. The van der Waals surface area contributed by atoms with Gasteiger partial charge in [-0.1, -0.05) is 12.6 Å². The van der Waals surface area contributed by atoms with Crippen LogP contribution in [0.5, 0.6) is 28.7 Å². The lowest BCUT2D eigenvalue weighted by Crippen LogP contribution is -2.10. The molecule has 0 fully saturated rings. The maximum Gasteiger partial charge on any atom is 0.342 e. The summed E-state index contributed by atoms with van der Waals surface area (Å²) in [6.07, 6.45) is -0.962. The van der Waals surface area contributed by atoms with Crippen LogP contribution in [0.1, 0.15) is 17.2 Å². The third-order valence-corrected chi connectivity index (χ3v) is 5.19. The number of aliphatic hydroxyl groups excluding tert-OH is 1. The topological polar surface area (TPSA) is 92.7 Å². The molecule has 1 atom stereocenters. The zero-order chi connectivity index (χ0) is 22.1. The van der Waals surface area contributed by atoms with E-state index in [1.165, 1.54) is 21.3 Å². The summed E-state index contributed by atoms with van der Waals surface area (Å²) in [5, 5.41) is 11.0. The van der Waals surface area contributed by atoms with Crippen LogP contribution < -0.4 is 23.7 Å². The Hall–Kier alpha value is -3.65. The molecule has 0 saturated heterocycles. The smallest absolute Gasteiger partial charge is 0.342 e. The zero-order valence-corrected chi connectivity index (χ0v) is 17.4. The highest BCUT2D eigenvalue weighted by Gasteiger charge is 2.35. The van der Waals surface area contributed by atoms with Gasteiger partial charge in [0, 0.05) is 12.0 Å². The maximum atomic E-state index is 12.6. The second-order valence-electron chi connectivity index (χ2n) is 6.93. The van der Waals surface area contributed by atoms with Crippen LogP contribution in [0.2, 0.25) is 0 Å². The van der Waals surface area contributed by atoms with E-state index in [-0.39, 0.29) is 24.5 Å². The standard InChI is InChI=1S/C23H22O8/c1-12-15(7-13-8-18(26-2)22(28-4)19(9-13)27-3)20(23(25)31-12)21(24)14-5-6-16-17(10-14)30-11-29-16/h5-6,8-10,21,24H,1,7,11H2,2-4H3. The van der Waals surface area contributed by atoms with E-state index in [2.05, 4.69) is 6.58 Å². The first-order chi connectivity index (χ1) is 15.0. The van der Waals surface area contributed by atoms with Gasteiger partial charge in [0.15, 0.2) is 23.0 Å². The number of allylic oxidation sites excluding steroid dienone is 1. The molecule has 8 nitrogen and oxygen atoms in total. The Kier molecular flexibility index (Phi) is 5.48. The number of carbonyl (C=O) groups is 1. The van der Waals surface area contributed by atoms with Gasteiger partial charge in [0.25, 0.3) is 0 Å². The molecule has 162 valence electrons. The third kappa shape index (κ3) is 3.66. The minimum absolute atomic E-state index is 0.114. The quantitative estimate of drug-likeness (QED) is 0.676. The monoisotopic (exact) mass is 426 g/mol. The Bertz CT molecular complexity index is 1060. The Balaban J connectivity index is 1.73. The number of hydrogen-bond donors (Lipinski definition) is 1. The second-order valence-corrected chi connectivity index (χ2v) is 6.93. The van der Waals surface area contributed by atoms with E-state index in [0.717, 1.165) is 5.56 Å². The molecule has 0 aliphatic carbocycles. The van der Waals surface area contributed by atoms with Crippen molar-refractivity contribution in [3.8, 4) is 28.7 Å². The minimum atomic E-state index is -1.22. The molecule has 0 saturated carbocycles. The first-order valence-electron chi connectivity index (χ1n) is 9.47. The summed E-state index contributed by atoms with van der Waals surface area (Å²) in [6, 6.07) is 8.56. The molecule has 0 radical (unpaired) electrons. The van der Waals surface area contributed by atoms with Crippen LogP contribution in [0.4, 0.5) is 0 Å². The van der Waals surface area contributed by atoms with Crippen molar-refractivity contribution in [2.24, 2.45) is 0 Å². The van der Waals surface area contributed by atoms with Crippen LogP contribution in [0, 0.1) is 0 Å². The Labute approximate surface area is 179 Å². The molecule has 0 amide bonds. The number of fused-ring (bicyclic) bond motifs is 1. The average molecular weight is 426 g/mol. The van der Waals surface area contributed by atoms with Crippen molar-refractivity contribution >= 4 is 5.97 Å². The van der Waals surface area contributed by atoms with Crippen LogP contribution in [0.3, 0.4) is 0 Å². The van der Waals surface area contributed by atoms with Crippen LogP contribution >= 0.6 is 0 Å². The number of aliphatic hydroxyl groups is 1. The highest BCUT2D eigenvalue weighted by Crippen LogP contribution is 2.42. The molecular formula is C23H22O8. The van der Waals surface area contributed by atoms with Gasteiger partial charge in [-0.25, -0.2) is 4.79 Å². The molecule has 2 heterocycles. The first kappa shape index (κ1) is 20.6. The molecule has 0 spiro atoms. The fourth-order valence-electron chi connectivity index (χ4n) is 3.66. The number of rotatable bonds is 7. The minimum Gasteiger partial charge on any atom is -0.493 e. The van der Waals surface area contributed by atoms with E-state index in [1.54, 1.807) is 30.3 Å². The van der Waals surface area contributed by atoms with E-state index in [4.69, 9.17) is 28.4 Å². The normalized spacial score (nSPS) is 15.7. The van der Waals surface area contributed by atoms with E-state index in [0.29, 0.717) is 39.9 Å². The lowest BCUT2D eigenvalue weighted by molar-refractivity contribution is -0.134. The molecule has 1 N–H and O–H groups in total. The van der Waals surface area contributed by atoms with Crippen molar-refractivity contribution in [3.05, 3.63) is 64.9 Å². The highest BCUT2D eigenvalue weighted by atomic mass is 16.7. The summed E-state index contributed by atoms with van der Waals surface area (Å²) in [5.74, 6) is 2.05. The highest BCUT2D eigenvalue weighted by molar-refractivity contribution is 5.95. The van der Waals surface area contributed by atoms with Gasteiger partial charge in [-0.05, 0) is 35.4 Å². The summed E-state index contributed by atoms with van der Waals surface area (Å²) in [6.45, 7) is 3.96. The Morgan fingerprint density at radius 3 is 2.35 bits per heavy atom. The molecule has 2 aromatic carbocycles. The van der Waals surface area contributed by atoms with Gasteiger partial charge in [0.2, 0.25) is 12.5 Å². The van der Waals surface area contributed by atoms with E-state index in [9.17, 15) is 9.90 Å². The van der Waals surface area contributed by atoms with Gasteiger partial charge in [0.1, 0.15) is 11.9 Å². The van der Waals surface area contributed by atoms with Gasteiger partial charge in [0.05, 0.1) is 26.9 Å². The summed E-state index contributed by atoms with van der Waals surface area (Å²) < 4.78 is 32.1. The molecule has 31 heavy (non-hydrogen) atoms. The van der Waals surface area contributed by atoms with Crippen LogP contribution in [-0.4, -0.2) is 39.2 Å². The van der Waals surface area contributed by atoms with Crippen molar-refractivity contribution in [1.82, 2.24) is 0 Å². The predicted molar refractivity (Wildman–Crippen MR) is 110 cm³/mol. The number of hydrogen-bond acceptors (Lipinski definition) is 8. The van der Waals surface area contributed by atoms with Crippen LogP contribution in [-0.2, 0) is 16.0 Å². The van der Waals surface area contributed by atoms with E-state index < -0.39 is 12.1 Å². The van der Waals surface area contributed by atoms with Gasteiger partial charge < -0.3 is 33.5 Å². The summed E-state index contributed by atoms with van der Waals surface area (Å²) in [7, 11) is 4.57. The molecule has 1 unspecified atom stereocenters. The molecule has 2 aliphatic heterocycles. The molecule has 2 aliphatic rings. The lowest BCUT2D eigenvalue weighted by atomic mass is 9.93.